The summed E-state index contributed by atoms with van der Waals surface area (Å²) in [4.78, 5) is 12.2. The SMILES string of the molecule is Cc1c(CC(=O)OC(C)C)c2cc(F)c(Cl)cc2n1Cc1cccc(C(F)(F)F)c1. The molecule has 0 aliphatic rings. The van der Waals surface area contributed by atoms with Gasteiger partial charge < -0.3 is 9.30 Å². The number of hydrogen-bond donors (Lipinski definition) is 0. The van der Waals surface area contributed by atoms with Crippen LogP contribution in [0.2, 0.25) is 5.02 Å². The van der Waals surface area contributed by atoms with E-state index in [1.54, 1.807) is 31.4 Å². The molecule has 0 aliphatic carbocycles. The van der Waals surface area contributed by atoms with Crippen molar-refractivity contribution in [3.05, 3.63) is 69.6 Å². The third-order valence-corrected chi connectivity index (χ3v) is 5.07. The van der Waals surface area contributed by atoms with Gasteiger partial charge in [0.1, 0.15) is 5.82 Å². The third-order valence-electron chi connectivity index (χ3n) is 4.78. The van der Waals surface area contributed by atoms with Gasteiger partial charge >= 0.3 is 12.1 Å². The summed E-state index contributed by atoms with van der Waals surface area (Å²) in [6, 6.07) is 7.66. The molecule has 0 radical (unpaired) electrons. The lowest BCUT2D eigenvalue weighted by Crippen LogP contribution is -2.14. The highest BCUT2D eigenvalue weighted by Crippen LogP contribution is 2.33. The van der Waals surface area contributed by atoms with Gasteiger partial charge in [-0.25, -0.2) is 4.39 Å². The van der Waals surface area contributed by atoms with Crippen molar-refractivity contribution in [2.45, 2.75) is 46.0 Å². The molecule has 8 heteroatoms. The van der Waals surface area contributed by atoms with Crippen molar-refractivity contribution < 1.29 is 27.1 Å². The van der Waals surface area contributed by atoms with E-state index in [-0.39, 0.29) is 24.1 Å². The maximum atomic E-state index is 14.1. The van der Waals surface area contributed by atoms with Crippen molar-refractivity contribution in [2.24, 2.45) is 0 Å². The van der Waals surface area contributed by atoms with E-state index in [0.29, 0.717) is 27.7 Å². The van der Waals surface area contributed by atoms with Crippen LogP contribution in [-0.2, 0) is 28.7 Å². The monoisotopic (exact) mass is 441 g/mol. The van der Waals surface area contributed by atoms with Gasteiger partial charge in [-0.1, -0.05) is 23.7 Å². The molecule has 0 atom stereocenters. The maximum Gasteiger partial charge on any atom is 0.416 e. The van der Waals surface area contributed by atoms with Crippen molar-refractivity contribution in [2.75, 3.05) is 0 Å². The molecule has 3 aromatic rings. The van der Waals surface area contributed by atoms with Gasteiger partial charge in [-0.3, -0.25) is 4.79 Å². The Labute approximate surface area is 176 Å². The second-order valence-electron chi connectivity index (χ2n) is 7.35. The van der Waals surface area contributed by atoms with E-state index in [1.807, 2.05) is 0 Å². The first kappa shape index (κ1) is 22.2. The number of esters is 1. The van der Waals surface area contributed by atoms with Crippen LogP contribution in [0, 0.1) is 12.7 Å². The molecule has 0 bridgehead atoms. The molecular formula is C22H20ClF4NO2. The van der Waals surface area contributed by atoms with E-state index in [4.69, 9.17) is 16.3 Å². The number of alkyl halides is 3. The highest BCUT2D eigenvalue weighted by atomic mass is 35.5. The molecule has 0 amide bonds. The second kappa shape index (κ2) is 8.30. The number of rotatable bonds is 5. The third kappa shape index (κ3) is 4.61. The summed E-state index contributed by atoms with van der Waals surface area (Å²) >= 11 is 5.96. The summed E-state index contributed by atoms with van der Waals surface area (Å²) in [6.07, 6.45) is -4.85. The van der Waals surface area contributed by atoms with Gasteiger partial charge in [0.2, 0.25) is 0 Å². The molecule has 0 spiro atoms. The number of benzene rings is 2. The second-order valence-corrected chi connectivity index (χ2v) is 7.75. The fraction of sp³-hybridized carbons (Fsp3) is 0.318. The quantitative estimate of drug-likeness (QED) is 0.343. The molecule has 3 rings (SSSR count). The van der Waals surface area contributed by atoms with Crippen molar-refractivity contribution in [1.29, 1.82) is 0 Å². The number of hydrogen-bond acceptors (Lipinski definition) is 2. The zero-order chi connectivity index (χ0) is 22.2. The minimum absolute atomic E-state index is 0.0861. The Morgan fingerprint density at radius 1 is 1.20 bits per heavy atom. The normalized spacial score (nSPS) is 12.0. The average molecular weight is 442 g/mol. The minimum Gasteiger partial charge on any atom is -0.463 e. The van der Waals surface area contributed by atoms with Crippen LogP contribution in [0.15, 0.2) is 36.4 Å². The van der Waals surface area contributed by atoms with Gasteiger partial charge in [0, 0.05) is 17.6 Å². The lowest BCUT2D eigenvalue weighted by Gasteiger charge is -2.12. The van der Waals surface area contributed by atoms with Gasteiger partial charge in [-0.05, 0) is 56.2 Å². The van der Waals surface area contributed by atoms with Crippen molar-refractivity contribution in [3.63, 3.8) is 0 Å². The number of halogens is 5. The van der Waals surface area contributed by atoms with Gasteiger partial charge in [0.15, 0.2) is 0 Å². The number of carbonyl (C=O) groups is 1. The zero-order valence-electron chi connectivity index (χ0n) is 16.6. The molecule has 0 N–H and O–H groups in total. The van der Waals surface area contributed by atoms with Crippen LogP contribution in [0.1, 0.15) is 36.2 Å². The van der Waals surface area contributed by atoms with Crippen LogP contribution >= 0.6 is 11.6 Å². The smallest absolute Gasteiger partial charge is 0.416 e. The first-order valence-electron chi connectivity index (χ1n) is 9.29. The fourth-order valence-corrected chi connectivity index (χ4v) is 3.60. The van der Waals surface area contributed by atoms with E-state index in [1.165, 1.54) is 18.2 Å². The Hall–Kier alpha value is -2.54. The maximum absolute atomic E-state index is 14.1. The largest absolute Gasteiger partial charge is 0.463 e. The van der Waals surface area contributed by atoms with Gasteiger partial charge in [-0.15, -0.1) is 0 Å². The van der Waals surface area contributed by atoms with Crippen molar-refractivity contribution in [3.8, 4) is 0 Å². The van der Waals surface area contributed by atoms with Crippen LogP contribution in [0.25, 0.3) is 10.9 Å². The van der Waals surface area contributed by atoms with Gasteiger partial charge in [-0.2, -0.15) is 13.2 Å². The Balaban J connectivity index is 2.10. The average Bonchev–Trinajstić information content (AvgIpc) is 2.86. The predicted molar refractivity (Wildman–Crippen MR) is 107 cm³/mol. The summed E-state index contributed by atoms with van der Waals surface area (Å²) in [7, 11) is 0. The Morgan fingerprint density at radius 2 is 1.90 bits per heavy atom. The molecule has 0 fully saturated rings. The van der Waals surface area contributed by atoms with Crippen LogP contribution in [-0.4, -0.2) is 16.6 Å². The van der Waals surface area contributed by atoms with Crippen molar-refractivity contribution >= 4 is 28.5 Å². The van der Waals surface area contributed by atoms with E-state index in [2.05, 4.69) is 0 Å². The first-order chi connectivity index (χ1) is 14.0. The molecule has 160 valence electrons. The molecule has 0 unspecified atom stereocenters. The van der Waals surface area contributed by atoms with Crippen LogP contribution in [0.4, 0.5) is 17.6 Å². The molecule has 2 aromatic carbocycles. The van der Waals surface area contributed by atoms with E-state index in [9.17, 15) is 22.4 Å². The van der Waals surface area contributed by atoms with Crippen molar-refractivity contribution in [1.82, 2.24) is 4.57 Å². The standard InChI is InChI=1S/C22H20ClF4NO2/c1-12(2)30-21(29)9-16-13(3)28(20-10-18(23)19(24)8-17(16)20)11-14-5-4-6-15(7-14)22(25,26)27/h4-8,10,12H,9,11H2,1-3H3. The molecule has 30 heavy (non-hydrogen) atoms. The van der Waals surface area contributed by atoms with Gasteiger partial charge in [0.05, 0.1) is 28.6 Å². The number of fused-ring (bicyclic) bond motifs is 1. The molecule has 1 aromatic heterocycles. The first-order valence-corrected chi connectivity index (χ1v) is 9.67. The number of aromatic nitrogens is 1. The highest BCUT2D eigenvalue weighted by molar-refractivity contribution is 6.31. The summed E-state index contributed by atoms with van der Waals surface area (Å²) in [5.74, 6) is -1.11. The molecular weight excluding hydrogens is 422 g/mol. The van der Waals surface area contributed by atoms with Crippen LogP contribution in [0.3, 0.4) is 0 Å². The van der Waals surface area contributed by atoms with E-state index in [0.717, 1.165) is 12.1 Å². The number of carbonyl (C=O) groups excluding carboxylic acids is 1. The summed E-state index contributed by atoms with van der Waals surface area (Å²) in [5, 5.41) is 0.365. The summed E-state index contributed by atoms with van der Waals surface area (Å²) < 4.78 is 60.3. The Kier molecular flexibility index (Phi) is 6.13. The summed E-state index contributed by atoms with van der Waals surface area (Å²) in [6.45, 7) is 5.28. The lowest BCUT2D eigenvalue weighted by molar-refractivity contribution is -0.146. The minimum atomic E-state index is -4.46. The van der Waals surface area contributed by atoms with E-state index >= 15 is 0 Å². The van der Waals surface area contributed by atoms with Crippen LogP contribution < -0.4 is 0 Å². The predicted octanol–water partition coefficient (Wildman–Crippen LogP) is 6.30. The van der Waals surface area contributed by atoms with Gasteiger partial charge in [0.25, 0.3) is 0 Å². The molecule has 3 nitrogen and oxygen atoms in total. The molecule has 0 saturated carbocycles. The topological polar surface area (TPSA) is 31.2 Å². The fourth-order valence-electron chi connectivity index (χ4n) is 3.44. The zero-order valence-corrected chi connectivity index (χ0v) is 17.4. The molecule has 1 heterocycles. The van der Waals surface area contributed by atoms with E-state index < -0.39 is 23.5 Å². The molecule has 0 aliphatic heterocycles. The highest BCUT2D eigenvalue weighted by Gasteiger charge is 2.30. The number of nitrogens with zero attached hydrogens (tertiary/aromatic N) is 1. The Morgan fingerprint density at radius 3 is 2.53 bits per heavy atom. The molecule has 0 saturated heterocycles. The number of ether oxygens (including phenoxy) is 1. The summed E-state index contributed by atoms with van der Waals surface area (Å²) in [5.41, 5.74) is 1.38. The Bertz CT molecular complexity index is 1100. The van der Waals surface area contributed by atoms with Crippen LogP contribution in [0.5, 0.6) is 0 Å². The lowest BCUT2D eigenvalue weighted by atomic mass is 10.1.